The maximum Gasteiger partial charge on any atom is 0.146 e. The Morgan fingerprint density at radius 3 is 2.30 bits per heavy atom. The van der Waals surface area contributed by atoms with E-state index in [4.69, 9.17) is 5.11 Å². The summed E-state index contributed by atoms with van der Waals surface area (Å²) in [5.74, 6) is -0.799. The van der Waals surface area contributed by atoms with Gasteiger partial charge in [0.15, 0.2) is 0 Å². The van der Waals surface area contributed by atoms with Crippen LogP contribution in [0.1, 0.15) is 27.2 Å². The van der Waals surface area contributed by atoms with Crippen LogP contribution in [-0.2, 0) is 0 Å². The van der Waals surface area contributed by atoms with Gasteiger partial charge in [0, 0.05) is 0 Å². The van der Waals surface area contributed by atoms with Gasteiger partial charge in [-0.25, -0.2) is 4.39 Å². The highest BCUT2D eigenvalue weighted by Gasteiger charge is 1.93. The number of halogens is 1. The van der Waals surface area contributed by atoms with Crippen molar-refractivity contribution in [3.63, 3.8) is 0 Å². The topological polar surface area (TPSA) is 20.2 Å². The second-order valence-electron chi connectivity index (χ2n) is 2.26. The first-order chi connectivity index (χ1) is 4.57. The molecule has 0 spiro atoms. The Balaban J connectivity index is 4.27. The van der Waals surface area contributed by atoms with Crippen molar-refractivity contribution in [3.05, 3.63) is 23.2 Å². The zero-order valence-electron chi connectivity index (χ0n) is 6.61. The first-order valence-corrected chi connectivity index (χ1v) is 3.30. The minimum atomic E-state index is -0.534. The van der Waals surface area contributed by atoms with Gasteiger partial charge in [0.05, 0.1) is 0 Å². The molecule has 0 aliphatic heterocycles. The molecular weight excluding hydrogens is 131 g/mol. The van der Waals surface area contributed by atoms with E-state index in [1.807, 2.05) is 13.8 Å². The molecule has 0 aromatic heterocycles. The standard InChI is InChI=1S/C8H13FO/c1-4-6(2)5-8(10)7(3)9/h5,10H,4H2,1-3H3/b6-5+,8-7-. The Morgan fingerprint density at radius 2 is 2.00 bits per heavy atom. The maximum atomic E-state index is 12.2. The van der Waals surface area contributed by atoms with Crippen LogP contribution in [0.5, 0.6) is 0 Å². The molecule has 0 saturated heterocycles. The molecule has 0 radical (unpaired) electrons. The summed E-state index contributed by atoms with van der Waals surface area (Å²) < 4.78 is 12.2. The van der Waals surface area contributed by atoms with Gasteiger partial charge in [-0.05, 0) is 26.3 Å². The molecule has 0 aromatic rings. The summed E-state index contributed by atoms with van der Waals surface area (Å²) in [6.45, 7) is 5.03. The zero-order chi connectivity index (χ0) is 8.15. The van der Waals surface area contributed by atoms with Crippen molar-refractivity contribution < 1.29 is 9.50 Å². The predicted molar refractivity (Wildman–Crippen MR) is 40.5 cm³/mol. The van der Waals surface area contributed by atoms with Crippen molar-refractivity contribution >= 4 is 0 Å². The van der Waals surface area contributed by atoms with Crippen LogP contribution in [0.15, 0.2) is 23.2 Å². The summed E-state index contributed by atoms with van der Waals surface area (Å²) in [5.41, 5.74) is 0.967. The normalized spacial score (nSPS) is 15.0. The van der Waals surface area contributed by atoms with Gasteiger partial charge in [-0.1, -0.05) is 12.5 Å². The Labute approximate surface area is 60.9 Å². The van der Waals surface area contributed by atoms with E-state index in [1.54, 1.807) is 0 Å². The Kier molecular flexibility index (Phi) is 3.77. The SMILES string of the molecule is CC/C(C)=C/C(O)=C(\C)F. The van der Waals surface area contributed by atoms with Crippen LogP contribution in [-0.4, -0.2) is 5.11 Å². The monoisotopic (exact) mass is 144 g/mol. The summed E-state index contributed by atoms with van der Waals surface area (Å²) in [6.07, 6.45) is 2.27. The Bertz CT molecular complexity index is 164. The molecule has 0 rings (SSSR count). The van der Waals surface area contributed by atoms with E-state index in [9.17, 15) is 4.39 Å². The molecular formula is C8H13FO. The average molecular weight is 144 g/mol. The van der Waals surface area contributed by atoms with Crippen LogP contribution in [0.25, 0.3) is 0 Å². The summed E-state index contributed by atoms with van der Waals surface area (Å²) in [6, 6.07) is 0. The van der Waals surface area contributed by atoms with E-state index in [1.165, 1.54) is 13.0 Å². The lowest BCUT2D eigenvalue weighted by atomic mass is 10.2. The summed E-state index contributed by atoms with van der Waals surface area (Å²) in [5, 5.41) is 8.86. The fraction of sp³-hybridized carbons (Fsp3) is 0.500. The molecule has 0 aromatic carbocycles. The van der Waals surface area contributed by atoms with Gasteiger partial charge < -0.3 is 5.11 Å². The van der Waals surface area contributed by atoms with Crippen LogP contribution in [0.3, 0.4) is 0 Å². The van der Waals surface area contributed by atoms with Crippen molar-refractivity contribution in [1.29, 1.82) is 0 Å². The number of aliphatic hydroxyl groups excluding tert-OH is 1. The van der Waals surface area contributed by atoms with Crippen LogP contribution >= 0.6 is 0 Å². The molecule has 0 heterocycles. The van der Waals surface area contributed by atoms with E-state index < -0.39 is 5.83 Å². The van der Waals surface area contributed by atoms with Gasteiger partial charge in [-0.2, -0.15) is 0 Å². The third-order valence-electron chi connectivity index (χ3n) is 1.29. The fourth-order valence-electron chi connectivity index (χ4n) is 0.435. The summed E-state index contributed by atoms with van der Waals surface area (Å²) in [7, 11) is 0. The molecule has 58 valence electrons. The smallest absolute Gasteiger partial charge is 0.146 e. The van der Waals surface area contributed by atoms with E-state index in [-0.39, 0.29) is 5.76 Å². The second-order valence-corrected chi connectivity index (χ2v) is 2.26. The first-order valence-electron chi connectivity index (χ1n) is 3.30. The summed E-state index contributed by atoms with van der Waals surface area (Å²) in [4.78, 5) is 0. The molecule has 0 fully saturated rings. The number of aliphatic hydroxyl groups is 1. The van der Waals surface area contributed by atoms with Crippen molar-refractivity contribution in [1.82, 2.24) is 0 Å². The molecule has 0 atom stereocenters. The van der Waals surface area contributed by atoms with Crippen LogP contribution < -0.4 is 0 Å². The molecule has 1 nitrogen and oxygen atoms in total. The lowest BCUT2D eigenvalue weighted by Gasteiger charge is -1.94. The quantitative estimate of drug-likeness (QED) is 0.466. The van der Waals surface area contributed by atoms with Gasteiger partial charge in [-0.15, -0.1) is 0 Å². The summed E-state index contributed by atoms with van der Waals surface area (Å²) >= 11 is 0. The van der Waals surface area contributed by atoms with Crippen LogP contribution in [0, 0.1) is 0 Å². The van der Waals surface area contributed by atoms with E-state index >= 15 is 0 Å². The van der Waals surface area contributed by atoms with E-state index in [0.29, 0.717) is 0 Å². The average Bonchev–Trinajstić information content (AvgIpc) is 1.87. The van der Waals surface area contributed by atoms with Crippen molar-refractivity contribution in [2.75, 3.05) is 0 Å². The third-order valence-corrected chi connectivity index (χ3v) is 1.29. The van der Waals surface area contributed by atoms with Gasteiger partial charge in [0.1, 0.15) is 11.6 Å². The van der Waals surface area contributed by atoms with Crippen molar-refractivity contribution in [3.8, 4) is 0 Å². The molecule has 10 heavy (non-hydrogen) atoms. The largest absolute Gasteiger partial charge is 0.505 e. The number of hydrogen-bond donors (Lipinski definition) is 1. The minimum absolute atomic E-state index is 0.264. The second kappa shape index (κ2) is 4.09. The van der Waals surface area contributed by atoms with E-state index in [2.05, 4.69) is 0 Å². The molecule has 0 amide bonds. The molecule has 0 bridgehead atoms. The first kappa shape index (κ1) is 9.21. The number of rotatable bonds is 2. The van der Waals surface area contributed by atoms with Gasteiger partial charge >= 0.3 is 0 Å². The lowest BCUT2D eigenvalue weighted by molar-refractivity contribution is 0.400. The van der Waals surface area contributed by atoms with Crippen LogP contribution in [0.2, 0.25) is 0 Å². The molecule has 1 N–H and O–H groups in total. The zero-order valence-corrected chi connectivity index (χ0v) is 6.61. The van der Waals surface area contributed by atoms with E-state index in [0.717, 1.165) is 12.0 Å². The number of allylic oxidation sites excluding steroid dienone is 3. The predicted octanol–water partition coefficient (Wildman–Crippen LogP) is 3.10. The minimum Gasteiger partial charge on any atom is -0.505 e. The van der Waals surface area contributed by atoms with Crippen molar-refractivity contribution in [2.24, 2.45) is 0 Å². The van der Waals surface area contributed by atoms with Crippen LogP contribution in [0.4, 0.5) is 4.39 Å². The van der Waals surface area contributed by atoms with Gasteiger partial charge in [0.2, 0.25) is 0 Å². The highest BCUT2D eigenvalue weighted by atomic mass is 19.1. The Morgan fingerprint density at radius 1 is 1.50 bits per heavy atom. The lowest BCUT2D eigenvalue weighted by Crippen LogP contribution is -1.80. The highest BCUT2D eigenvalue weighted by molar-refractivity contribution is 5.17. The number of hydrogen-bond acceptors (Lipinski definition) is 1. The maximum absolute atomic E-state index is 12.2. The Hall–Kier alpha value is -0.790. The third kappa shape index (κ3) is 3.28. The molecule has 0 saturated carbocycles. The molecule has 0 unspecified atom stereocenters. The van der Waals surface area contributed by atoms with Crippen molar-refractivity contribution in [2.45, 2.75) is 27.2 Å². The van der Waals surface area contributed by atoms with Gasteiger partial charge in [-0.3, -0.25) is 0 Å². The molecule has 2 heteroatoms. The molecule has 0 aliphatic rings. The fourth-order valence-corrected chi connectivity index (χ4v) is 0.435. The highest BCUT2D eigenvalue weighted by Crippen LogP contribution is 2.07. The molecule has 0 aliphatic carbocycles. The van der Waals surface area contributed by atoms with Gasteiger partial charge in [0.25, 0.3) is 0 Å².